The van der Waals surface area contributed by atoms with Gasteiger partial charge >= 0.3 is 0 Å². The molecule has 0 bridgehead atoms. The van der Waals surface area contributed by atoms with E-state index in [2.05, 4.69) is 5.32 Å². The third-order valence-electron chi connectivity index (χ3n) is 3.58. The fraction of sp³-hybridized carbons (Fsp3) is 0.211. The minimum atomic E-state index is -0.115. The third kappa shape index (κ3) is 5.18. The summed E-state index contributed by atoms with van der Waals surface area (Å²) in [4.78, 5) is 11.9. The second-order valence-corrected chi connectivity index (χ2v) is 6.89. The number of ether oxygens (including phenoxy) is 2. The molecule has 1 amide bonds. The number of carbonyl (C=O) groups is 1. The van der Waals surface area contributed by atoms with Gasteiger partial charge in [-0.2, -0.15) is 11.8 Å². The van der Waals surface area contributed by atoms with Crippen molar-refractivity contribution < 1.29 is 14.3 Å². The second kappa shape index (κ2) is 8.83. The van der Waals surface area contributed by atoms with Crippen LogP contribution in [0, 0.1) is 0 Å². The highest BCUT2D eigenvalue weighted by molar-refractivity contribution is 7.98. The smallest absolute Gasteiger partial charge is 0.244 e. The van der Waals surface area contributed by atoms with Gasteiger partial charge in [0.15, 0.2) is 11.5 Å². The van der Waals surface area contributed by atoms with Crippen molar-refractivity contribution in [3.8, 4) is 11.5 Å². The molecule has 2 aromatic rings. The topological polar surface area (TPSA) is 47.6 Å². The van der Waals surface area contributed by atoms with Gasteiger partial charge in [-0.3, -0.25) is 4.79 Å². The number of benzene rings is 2. The van der Waals surface area contributed by atoms with Crippen LogP contribution >= 0.6 is 23.4 Å². The van der Waals surface area contributed by atoms with E-state index in [4.69, 9.17) is 21.1 Å². The quantitative estimate of drug-likeness (QED) is 0.584. The average molecular weight is 376 g/mol. The van der Waals surface area contributed by atoms with Crippen LogP contribution in [0.15, 0.2) is 48.5 Å². The number of rotatable bonds is 7. The molecule has 0 aliphatic carbocycles. The van der Waals surface area contributed by atoms with E-state index in [1.165, 1.54) is 6.08 Å². The number of nitrogens with one attached hydrogen (secondary N) is 1. The van der Waals surface area contributed by atoms with Gasteiger partial charge in [-0.25, -0.2) is 0 Å². The lowest BCUT2D eigenvalue weighted by Crippen LogP contribution is -2.23. The van der Waals surface area contributed by atoms with Crippen LogP contribution in [0.4, 0.5) is 0 Å². The minimum absolute atomic E-state index is 0.115. The highest BCUT2D eigenvalue weighted by atomic mass is 35.5. The molecule has 130 valence electrons. The fourth-order valence-corrected chi connectivity index (χ4v) is 3.44. The van der Waals surface area contributed by atoms with Crippen LogP contribution in [0.5, 0.6) is 11.5 Å². The summed E-state index contributed by atoms with van der Waals surface area (Å²) in [6, 6.07) is 13.4. The molecular weight excluding hydrogens is 358 g/mol. The van der Waals surface area contributed by atoms with E-state index in [1.54, 1.807) is 17.8 Å². The first-order valence-corrected chi connectivity index (χ1v) is 9.42. The molecule has 0 unspecified atom stereocenters. The Hall–Kier alpha value is -2.11. The first-order valence-electron chi connectivity index (χ1n) is 7.89. The van der Waals surface area contributed by atoms with Crippen LogP contribution in [0.3, 0.4) is 0 Å². The number of hydrogen-bond acceptors (Lipinski definition) is 4. The summed E-state index contributed by atoms with van der Waals surface area (Å²) < 4.78 is 10.6. The highest BCUT2D eigenvalue weighted by Gasteiger charge is 2.12. The fourth-order valence-electron chi connectivity index (χ4n) is 2.29. The van der Waals surface area contributed by atoms with Crippen LogP contribution in [-0.2, 0) is 10.5 Å². The molecule has 0 radical (unpaired) electrons. The van der Waals surface area contributed by atoms with Crippen molar-refractivity contribution in [2.24, 2.45) is 0 Å². The van der Waals surface area contributed by atoms with Crippen molar-refractivity contribution in [3.63, 3.8) is 0 Å². The van der Waals surface area contributed by atoms with Crippen LogP contribution in [0.1, 0.15) is 11.1 Å². The average Bonchev–Trinajstić information content (AvgIpc) is 3.09. The largest absolute Gasteiger partial charge is 0.454 e. The molecule has 2 aromatic carbocycles. The maximum absolute atomic E-state index is 11.9. The minimum Gasteiger partial charge on any atom is -0.454 e. The zero-order chi connectivity index (χ0) is 17.5. The van der Waals surface area contributed by atoms with Gasteiger partial charge in [-0.15, -0.1) is 0 Å². The van der Waals surface area contributed by atoms with Crippen molar-refractivity contribution in [1.82, 2.24) is 5.32 Å². The Morgan fingerprint density at radius 1 is 1.20 bits per heavy atom. The summed E-state index contributed by atoms with van der Waals surface area (Å²) >= 11 is 7.85. The predicted molar refractivity (Wildman–Crippen MR) is 102 cm³/mol. The predicted octanol–water partition coefficient (Wildman–Crippen LogP) is 4.13. The van der Waals surface area contributed by atoms with E-state index in [0.717, 1.165) is 33.4 Å². The molecule has 6 heteroatoms. The number of halogens is 1. The molecule has 25 heavy (non-hydrogen) atoms. The van der Waals surface area contributed by atoms with Gasteiger partial charge < -0.3 is 14.8 Å². The zero-order valence-corrected chi connectivity index (χ0v) is 15.1. The molecule has 1 heterocycles. The SMILES string of the molecule is O=C(/C=C/c1ccc2c(c1)OCO2)NCCSCc1ccccc1Cl. The van der Waals surface area contributed by atoms with Gasteiger partial charge in [0, 0.05) is 29.1 Å². The molecule has 3 rings (SSSR count). The molecule has 0 spiro atoms. The lowest BCUT2D eigenvalue weighted by Gasteiger charge is -2.05. The van der Waals surface area contributed by atoms with Gasteiger partial charge in [0.2, 0.25) is 12.7 Å². The van der Waals surface area contributed by atoms with E-state index in [-0.39, 0.29) is 12.7 Å². The molecule has 0 saturated heterocycles. The van der Waals surface area contributed by atoms with Gasteiger partial charge in [-0.05, 0) is 35.4 Å². The van der Waals surface area contributed by atoms with Crippen LogP contribution < -0.4 is 14.8 Å². The normalized spacial score (nSPS) is 12.5. The van der Waals surface area contributed by atoms with Gasteiger partial charge in [0.1, 0.15) is 0 Å². The Morgan fingerprint density at radius 2 is 2.04 bits per heavy atom. The van der Waals surface area contributed by atoms with Crippen molar-refractivity contribution in [2.75, 3.05) is 19.1 Å². The van der Waals surface area contributed by atoms with Crippen molar-refractivity contribution >= 4 is 35.3 Å². The van der Waals surface area contributed by atoms with Crippen molar-refractivity contribution in [2.45, 2.75) is 5.75 Å². The molecule has 0 aromatic heterocycles. The Balaban J connectivity index is 1.37. The first kappa shape index (κ1) is 17.7. The van der Waals surface area contributed by atoms with E-state index in [1.807, 2.05) is 42.5 Å². The van der Waals surface area contributed by atoms with Crippen LogP contribution in [0.2, 0.25) is 5.02 Å². The molecule has 4 nitrogen and oxygen atoms in total. The second-order valence-electron chi connectivity index (χ2n) is 5.38. The summed E-state index contributed by atoms with van der Waals surface area (Å²) in [5, 5.41) is 3.65. The number of thioether (sulfide) groups is 1. The van der Waals surface area contributed by atoms with Gasteiger partial charge in [0.25, 0.3) is 0 Å². The molecule has 0 atom stereocenters. The maximum Gasteiger partial charge on any atom is 0.244 e. The van der Waals surface area contributed by atoms with Crippen molar-refractivity contribution in [1.29, 1.82) is 0 Å². The molecule has 1 aliphatic rings. The summed E-state index contributed by atoms with van der Waals surface area (Å²) in [5.74, 6) is 2.99. The molecule has 1 N–H and O–H groups in total. The maximum atomic E-state index is 11.9. The van der Waals surface area contributed by atoms with E-state index < -0.39 is 0 Å². The number of carbonyl (C=O) groups excluding carboxylic acids is 1. The van der Waals surface area contributed by atoms with Crippen LogP contribution in [-0.4, -0.2) is 25.0 Å². The summed E-state index contributed by atoms with van der Waals surface area (Å²) in [6.45, 7) is 0.855. The first-order chi connectivity index (χ1) is 12.2. The summed E-state index contributed by atoms with van der Waals surface area (Å²) in [7, 11) is 0. The summed E-state index contributed by atoms with van der Waals surface area (Å²) in [5.41, 5.74) is 2.01. The Labute approximate surface area is 156 Å². The standard InChI is InChI=1S/C19H18ClNO3S/c20-16-4-2-1-3-15(16)12-25-10-9-21-19(22)8-6-14-5-7-17-18(11-14)24-13-23-17/h1-8,11H,9-10,12-13H2,(H,21,22)/b8-6+. The lowest BCUT2D eigenvalue weighted by molar-refractivity contribution is -0.116. The van der Waals surface area contributed by atoms with E-state index in [9.17, 15) is 4.79 Å². The molecule has 0 fully saturated rings. The van der Waals surface area contributed by atoms with Gasteiger partial charge in [-0.1, -0.05) is 35.9 Å². The zero-order valence-electron chi connectivity index (χ0n) is 13.5. The highest BCUT2D eigenvalue weighted by Crippen LogP contribution is 2.32. The van der Waals surface area contributed by atoms with E-state index in [0.29, 0.717) is 12.3 Å². The Bertz CT molecular complexity index is 779. The van der Waals surface area contributed by atoms with Gasteiger partial charge in [0.05, 0.1) is 0 Å². The molecule has 0 saturated carbocycles. The Kier molecular flexibility index (Phi) is 6.25. The number of fused-ring (bicyclic) bond motifs is 1. The summed E-state index contributed by atoms with van der Waals surface area (Å²) in [6.07, 6.45) is 3.28. The molecular formula is C19H18ClNO3S. The Morgan fingerprint density at radius 3 is 2.92 bits per heavy atom. The van der Waals surface area contributed by atoms with Crippen LogP contribution in [0.25, 0.3) is 6.08 Å². The number of hydrogen-bond donors (Lipinski definition) is 1. The monoisotopic (exact) mass is 375 g/mol. The molecule has 1 aliphatic heterocycles. The van der Waals surface area contributed by atoms with Crippen molar-refractivity contribution in [3.05, 3.63) is 64.7 Å². The third-order valence-corrected chi connectivity index (χ3v) is 4.96. The number of amides is 1. The lowest BCUT2D eigenvalue weighted by atomic mass is 10.2. The van der Waals surface area contributed by atoms with E-state index >= 15 is 0 Å².